The normalized spacial score (nSPS) is 16.6. The maximum Gasteiger partial charge on any atom is 0.182 e. The second-order valence-corrected chi connectivity index (χ2v) is 5.46. The number of nitrogens with zero attached hydrogens (tertiary/aromatic N) is 1. The number of benzene rings is 1. The van der Waals surface area contributed by atoms with Crippen LogP contribution in [0.2, 0.25) is 0 Å². The summed E-state index contributed by atoms with van der Waals surface area (Å²) in [5.41, 5.74) is 5.94. The second kappa shape index (κ2) is 6.33. The number of anilines is 1. The van der Waals surface area contributed by atoms with Crippen molar-refractivity contribution in [3.05, 3.63) is 29.3 Å². The van der Waals surface area contributed by atoms with Crippen molar-refractivity contribution in [1.82, 2.24) is 0 Å². The van der Waals surface area contributed by atoms with E-state index in [1.54, 1.807) is 12.1 Å². The van der Waals surface area contributed by atoms with Gasteiger partial charge in [0, 0.05) is 25.7 Å². The van der Waals surface area contributed by atoms with Gasteiger partial charge in [0.25, 0.3) is 0 Å². The molecular weight excluding hydrogens is 246 g/mol. The van der Waals surface area contributed by atoms with Gasteiger partial charge in [-0.05, 0) is 24.8 Å². The van der Waals surface area contributed by atoms with Crippen LogP contribution in [0.25, 0.3) is 0 Å². The van der Waals surface area contributed by atoms with Gasteiger partial charge in [-0.25, -0.2) is 8.78 Å². The van der Waals surface area contributed by atoms with Crippen LogP contribution in [0, 0.1) is 17.6 Å². The lowest BCUT2D eigenvalue weighted by Crippen LogP contribution is -2.27. The lowest BCUT2D eigenvalue weighted by molar-refractivity contribution is 0.361. The first-order valence-corrected chi connectivity index (χ1v) is 7.01. The fourth-order valence-corrected chi connectivity index (χ4v) is 2.89. The molecule has 0 aromatic heterocycles. The van der Waals surface area contributed by atoms with Crippen molar-refractivity contribution >= 4 is 5.69 Å². The first-order chi connectivity index (χ1) is 9.13. The Kier molecular flexibility index (Phi) is 4.75. The molecule has 0 spiro atoms. The summed E-state index contributed by atoms with van der Waals surface area (Å²) in [6.45, 7) is 0.813. The molecule has 1 aliphatic carbocycles. The molecule has 0 aliphatic heterocycles. The highest BCUT2D eigenvalue weighted by Gasteiger charge is 2.19. The fourth-order valence-electron chi connectivity index (χ4n) is 2.89. The Morgan fingerprint density at radius 1 is 1.16 bits per heavy atom. The quantitative estimate of drug-likeness (QED) is 0.906. The number of rotatable bonds is 4. The molecule has 0 saturated heterocycles. The van der Waals surface area contributed by atoms with E-state index in [1.165, 1.54) is 32.1 Å². The minimum Gasteiger partial charge on any atom is -0.372 e. The van der Waals surface area contributed by atoms with E-state index in [4.69, 9.17) is 5.73 Å². The third-order valence-corrected chi connectivity index (χ3v) is 4.03. The zero-order valence-corrected chi connectivity index (χ0v) is 11.5. The van der Waals surface area contributed by atoms with E-state index in [2.05, 4.69) is 0 Å². The van der Waals surface area contributed by atoms with Gasteiger partial charge in [-0.15, -0.1) is 0 Å². The molecule has 1 saturated carbocycles. The first-order valence-electron chi connectivity index (χ1n) is 7.01. The summed E-state index contributed by atoms with van der Waals surface area (Å²) in [7, 11) is 1.83. The van der Waals surface area contributed by atoms with E-state index >= 15 is 0 Å². The van der Waals surface area contributed by atoms with E-state index in [-0.39, 0.29) is 12.1 Å². The van der Waals surface area contributed by atoms with E-state index < -0.39 is 11.6 Å². The zero-order valence-electron chi connectivity index (χ0n) is 11.5. The van der Waals surface area contributed by atoms with Crippen LogP contribution >= 0.6 is 0 Å². The van der Waals surface area contributed by atoms with Crippen LogP contribution in [-0.4, -0.2) is 13.6 Å². The van der Waals surface area contributed by atoms with Crippen LogP contribution in [0.3, 0.4) is 0 Å². The number of halogens is 2. The Bertz CT molecular complexity index is 428. The smallest absolute Gasteiger partial charge is 0.182 e. The van der Waals surface area contributed by atoms with Gasteiger partial charge in [-0.2, -0.15) is 0 Å². The molecule has 2 N–H and O–H groups in total. The molecule has 1 aromatic carbocycles. The van der Waals surface area contributed by atoms with Gasteiger partial charge >= 0.3 is 0 Å². The topological polar surface area (TPSA) is 29.3 Å². The minimum absolute atomic E-state index is 0.0232. The fraction of sp³-hybridized carbons (Fsp3) is 0.600. The van der Waals surface area contributed by atoms with Crippen LogP contribution in [0.5, 0.6) is 0 Å². The minimum atomic E-state index is -0.810. The first kappa shape index (κ1) is 14.3. The average molecular weight is 268 g/mol. The Morgan fingerprint density at radius 3 is 2.47 bits per heavy atom. The van der Waals surface area contributed by atoms with Crippen LogP contribution in [-0.2, 0) is 6.54 Å². The molecule has 0 radical (unpaired) electrons. The molecule has 19 heavy (non-hydrogen) atoms. The average Bonchev–Trinajstić information content (AvgIpc) is 2.42. The predicted molar refractivity (Wildman–Crippen MR) is 74.1 cm³/mol. The van der Waals surface area contributed by atoms with Gasteiger partial charge in [0.15, 0.2) is 11.6 Å². The molecule has 0 bridgehead atoms. The zero-order chi connectivity index (χ0) is 13.8. The molecule has 0 amide bonds. The SMILES string of the molecule is CN(CC1CCCCC1)c1ccc(CN)c(F)c1F. The third kappa shape index (κ3) is 3.24. The maximum atomic E-state index is 14.0. The van der Waals surface area contributed by atoms with Crippen molar-refractivity contribution in [2.45, 2.75) is 38.6 Å². The molecule has 0 unspecified atom stereocenters. The Labute approximate surface area is 113 Å². The molecule has 1 fully saturated rings. The summed E-state index contributed by atoms with van der Waals surface area (Å²) < 4.78 is 27.7. The highest BCUT2D eigenvalue weighted by atomic mass is 19.2. The van der Waals surface area contributed by atoms with Crippen LogP contribution in [0.4, 0.5) is 14.5 Å². The van der Waals surface area contributed by atoms with Gasteiger partial charge in [0.05, 0.1) is 5.69 Å². The van der Waals surface area contributed by atoms with Gasteiger partial charge in [0.2, 0.25) is 0 Å². The Morgan fingerprint density at radius 2 is 1.84 bits per heavy atom. The van der Waals surface area contributed by atoms with Crippen molar-refractivity contribution in [1.29, 1.82) is 0 Å². The highest BCUT2D eigenvalue weighted by molar-refractivity contribution is 5.49. The summed E-state index contributed by atoms with van der Waals surface area (Å²) in [5.74, 6) is -0.993. The molecule has 2 rings (SSSR count). The van der Waals surface area contributed by atoms with Gasteiger partial charge in [0.1, 0.15) is 0 Å². The van der Waals surface area contributed by atoms with Gasteiger partial charge in [-0.1, -0.05) is 25.3 Å². The van der Waals surface area contributed by atoms with Crippen LogP contribution in [0.15, 0.2) is 12.1 Å². The highest BCUT2D eigenvalue weighted by Crippen LogP contribution is 2.28. The Hall–Kier alpha value is -1.16. The van der Waals surface area contributed by atoms with Crippen molar-refractivity contribution < 1.29 is 8.78 Å². The van der Waals surface area contributed by atoms with E-state index in [1.807, 2.05) is 11.9 Å². The van der Waals surface area contributed by atoms with E-state index in [0.717, 1.165) is 6.54 Å². The van der Waals surface area contributed by atoms with Crippen molar-refractivity contribution in [2.75, 3.05) is 18.5 Å². The van der Waals surface area contributed by atoms with E-state index in [0.29, 0.717) is 11.6 Å². The van der Waals surface area contributed by atoms with Crippen molar-refractivity contribution in [3.8, 4) is 0 Å². The van der Waals surface area contributed by atoms with E-state index in [9.17, 15) is 8.78 Å². The monoisotopic (exact) mass is 268 g/mol. The van der Waals surface area contributed by atoms with Crippen molar-refractivity contribution in [3.63, 3.8) is 0 Å². The molecular formula is C15H22F2N2. The molecule has 2 nitrogen and oxygen atoms in total. The summed E-state index contributed by atoms with van der Waals surface area (Å²) in [5, 5.41) is 0. The molecule has 4 heteroatoms. The summed E-state index contributed by atoms with van der Waals surface area (Å²) in [6.07, 6.45) is 6.18. The predicted octanol–water partition coefficient (Wildman–Crippen LogP) is 3.44. The summed E-state index contributed by atoms with van der Waals surface area (Å²) in [6, 6.07) is 3.20. The number of nitrogens with two attached hydrogens (primary N) is 1. The standard InChI is InChI=1S/C15H22F2N2/c1-19(10-11-5-3-2-4-6-11)13-8-7-12(9-18)14(16)15(13)17/h7-8,11H,2-6,9-10,18H2,1H3. The lowest BCUT2D eigenvalue weighted by atomic mass is 9.89. The maximum absolute atomic E-state index is 14.0. The molecule has 0 atom stereocenters. The molecule has 1 aromatic rings. The van der Waals surface area contributed by atoms with Crippen molar-refractivity contribution in [2.24, 2.45) is 11.7 Å². The molecule has 106 valence electrons. The lowest BCUT2D eigenvalue weighted by Gasteiger charge is -2.28. The van der Waals surface area contributed by atoms with Gasteiger partial charge < -0.3 is 10.6 Å². The molecule has 0 heterocycles. The second-order valence-electron chi connectivity index (χ2n) is 5.46. The summed E-state index contributed by atoms with van der Waals surface area (Å²) in [4.78, 5) is 1.83. The summed E-state index contributed by atoms with van der Waals surface area (Å²) >= 11 is 0. The van der Waals surface area contributed by atoms with Crippen LogP contribution < -0.4 is 10.6 Å². The largest absolute Gasteiger partial charge is 0.372 e. The number of hydrogen-bond acceptors (Lipinski definition) is 2. The third-order valence-electron chi connectivity index (χ3n) is 4.03. The van der Waals surface area contributed by atoms with Gasteiger partial charge in [-0.3, -0.25) is 0 Å². The van der Waals surface area contributed by atoms with Crippen LogP contribution in [0.1, 0.15) is 37.7 Å². The number of hydrogen-bond donors (Lipinski definition) is 1. The Balaban J connectivity index is 2.10. The molecule has 1 aliphatic rings.